The number of hydrogen-bond donors (Lipinski definition) is 3. The molecule has 0 aliphatic rings. The van der Waals surface area contributed by atoms with E-state index in [1.165, 1.54) is 0 Å². The molecule has 0 radical (unpaired) electrons. The van der Waals surface area contributed by atoms with Gasteiger partial charge in [0.15, 0.2) is 5.13 Å². The number of anilines is 1. The lowest BCUT2D eigenvalue weighted by molar-refractivity contribution is -0.116. The van der Waals surface area contributed by atoms with Crippen molar-refractivity contribution in [2.45, 2.75) is 52.7 Å². The molecule has 1 unspecified atom stereocenters. The molecule has 10 heteroatoms. The molecule has 9 nitrogen and oxygen atoms in total. The molecular formula is C16H26N4O5S. The van der Waals surface area contributed by atoms with Crippen LogP contribution in [-0.2, 0) is 14.3 Å². The number of esters is 1. The van der Waals surface area contributed by atoms with Gasteiger partial charge >= 0.3 is 12.1 Å². The second-order valence-corrected chi connectivity index (χ2v) is 7.55. The molecule has 0 fully saturated rings. The SMILES string of the molecule is CCOC(=O)c1sc(NC(=O)CC(N)CNC(=O)OC(C)(C)C)nc1C. The van der Waals surface area contributed by atoms with Gasteiger partial charge in [-0.15, -0.1) is 0 Å². The summed E-state index contributed by atoms with van der Waals surface area (Å²) in [5.74, 6) is -0.839. The number of aromatic nitrogens is 1. The van der Waals surface area contributed by atoms with Gasteiger partial charge < -0.3 is 25.8 Å². The van der Waals surface area contributed by atoms with Crippen LogP contribution in [0.4, 0.5) is 9.93 Å². The summed E-state index contributed by atoms with van der Waals surface area (Å²) in [4.78, 5) is 39.8. The third-order valence-electron chi connectivity index (χ3n) is 2.86. The summed E-state index contributed by atoms with van der Waals surface area (Å²) in [6.07, 6.45) is -0.619. The fraction of sp³-hybridized carbons (Fsp3) is 0.625. The molecular weight excluding hydrogens is 360 g/mol. The molecule has 146 valence electrons. The molecule has 0 aliphatic carbocycles. The van der Waals surface area contributed by atoms with E-state index >= 15 is 0 Å². The van der Waals surface area contributed by atoms with Crippen LogP contribution in [0.25, 0.3) is 0 Å². The van der Waals surface area contributed by atoms with Crippen molar-refractivity contribution in [2.24, 2.45) is 5.73 Å². The first-order valence-electron chi connectivity index (χ1n) is 8.18. The number of hydrogen-bond acceptors (Lipinski definition) is 8. The first-order valence-corrected chi connectivity index (χ1v) is 9.00. The van der Waals surface area contributed by atoms with Crippen LogP contribution in [0.1, 0.15) is 49.5 Å². The molecule has 2 amide bonds. The zero-order chi connectivity index (χ0) is 19.9. The summed E-state index contributed by atoms with van der Waals surface area (Å²) in [7, 11) is 0. The Balaban J connectivity index is 2.47. The van der Waals surface area contributed by atoms with Gasteiger partial charge in [0.25, 0.3) is 0 Å². The zero-order valence-corrected chi connectivity index (χ0v) is 16.5. The Hall–Kier alpha value is -2.20. The third-order valence-corrected chi connectivity index (χ3v) is 3.91. The van der Waals surface area contributed by atoms with Crippen molar-refractivity contribution in [3.63, 3.8) is 0 Å². The van der Waals surface area contributed by atoms with Crippen molar-refractivity contribution in [3.05, 3.63) is 10.6 Å². The van der Waals surface area contributed by atoms with Gasteiger partial charge in [-0.1, -0.05) is 11.3 Å². The Labute approximate surface area is 156 Å². The number of aryl methyl sites for hydroxylation is 1. The molecule has 0 aromatic carbocycles. The lowest BCUT2D eigenvalue weighted by atomic mass is 10.2. The lowest BCUT2D eigenvalue weighted by Gasteiger charge is -2.20. The molecule has 0 spiro atoms. The van der Waals surface area contributed by atoms with Crippen molar-refractivity contribution in [2.75, 3.05) is 18.5 Å². The van der Waals surface area contributed by atoms with Crippen molar-refractivity contribution >= 4 is 34.4 Å². The summed E-state index contributed by atoms with van der Waals surface area (Å²) in [6, 6.07) is -0.590. The van der Waals surface area contributed by atoms with Gasteiger partial charge in [0.2, 0.25) is 5.91 Å². The highest BCUT2D eigenvalue weighted by molar-refractivity contribution is 7.17. The average Bonchev–Trinajstić information content (AvgIpc) is 2.84. The van der Waals surface area contributed by atoms with Crippen LogP contribution < -0.4 is 16.4 Å². The first kappa shape index (κ1) is 21.8. The number of thiazole rings is 1. The summed E-state index contributed by atoms with van der Waals surface area (Å²) in [6.45, 7) is 8.98. The Bertz CT molecular complexity index is 654. The monoisotopic (exact) mass is 386 g/mol. The van der Waals surface area contributed by atoms with E-state index in [4.69, 9.17) is 15.2 Å². The second kappa shape index (κ2) is 9.48. The van der Waals surface area contributed by atoms with Gasteiger partial charge in [-0.05, 0) is 34.6 Å². The normalized spacial score (nSPS) is 12.2. The minimum absolute atomic E-state index is 0.0246. The van der Waals surface area contributed by atoms with Crippen molar-refractivity contribution in [1.82, 2.24) is 10.3 Å². The quantitative estimate of drug-likeness (QED) is 0.609. The van der Waals surface area contributed by atoms with E-state index in [0.717, 1.165) is 11.3 Å². The predicted molar refractivity (Wildman–Crippen MR) is 98.3 cm³/mol. The van der Waals surface area contributed by atoms with Crippen LogP contribution in [-0.4, -0.2) is 47.7 Å². The fourth-order valence-electron chi connectivity index (χ4n) is 1.85. The Morgan fingerprint density at radius 3 is 2.54 bits per heavy atom. The van der Waals surface area contributed by atoms with Crippen LogP contribution in [0.5, 0.6) is 0 Å². The van der Waals surface area contributed by atoms with Crippen molar-refractivity contribution in [3.8, 4) is 0 Å². The number of alkyl carbamates (subject to hydrolysis) is 1. The van der Waals surface area contributed by atoms with E-state index in [0.29, 0.717) is 15.7 Å². The zero-order valence-electron chi connectivity index (χ0n) is 15.7. The molecule has 4 N–H and O–H groups in total. The van der Waals surface area contributed by atoms with E-state index in [1.54, 1.807) is 34.6 Å². The second-order valence-electron chi connectivity index (χ2n) is 6.55. The fourth-order valence-corrected chi connectivity index (χ4v) is 2.72. The van der Waals surface area contributed by atoms with Crippen LogP contribution in [0, 0.1) is 6.92 Å². The Kier molecular flexibility index (Phi) is 7.97. The standard InChI is InChI=1S/C16H26N4O5S/c1-6-24-13(22)12-9(2)19-14(26-12)20-11(21)7-10(17)8-18-15(23)25-16(3,4)5/h10H,6-8,17H2,1-5H3,(H,18,23)(H,19,20,21). The van der Waals surface area contributed by atoms with E-state index in [9.17, 15) is 14.4 Å². The minimum atomic E-state index is -0.606. The summed E-state index contributed by atoms with van der Waals surface area (Å²) < 4.78 is 10.0. The topological polar surface area (TPSA) is 133 Å². The van der Waals surface area contributed by atoms with E-state index in [-0.39, 0.29) is 25.5 Å². The maximum atomic E-state index is 12.0. The number of ether oxygens (including phenoxy) is 2. The van der Waals surface area contributed by atoms with Gasteiger partial charge in [0, 0.05) is 19.0 Å². The van der Waals surface area contributed by atoms with Crippen LogP contribution >= 0.6 is 11.3 Å². The number of rotatable bonds is 7. The van der Waals surface area contributed by atoms with Crippen LogP contribution in [0.2, 0.25) is 0 Å². The molecule has 0 saturated heterocycles. The highest BCUT2D eigenvalue weighted by Crippen LogP contribution is 2.23. The van der Waals surface area contributed by atoms with Crippen LogP contribution in [0.15, 0.2) is 0 Å². The number of amides is 2. The number of carbonyl (C=O) groups excluding carboxylic acids is 3. The third kappa shape index (κ3) is 7.79. The van der Waals surface area contributed by atoms with E-state index in [1.807, 2.05) is 0 Å². The molecule has 1 heterocycles. The van der Waals surface area contributed by atoms with Gasteiger partial charge in [-0.25, -0.2) is 14.6 Å². The largest absolute Gasteiger partial charge is 0.462 e. The smallest absolute Gasteiger partial charge is 0.407 e. The Morgan fingerprint density at radius 1 is 1.31 bits per heavy atom. The number of nitrogens with zero attached hydrogens (tertiary/aromatic N) is 1. The summed E-state index contributed by atoms with van der Waals surface area (Å²) >= 11 is 1.04. The van der Waals surface area contributed by atoms with E-state index in [2.05, 4.69) is 15.6 Å². The number of nitrogens with two attached hydrogens (primary N) is 1. The van der Waals surface area contributed by atoms with Gasteiger partial charge in [0.05, 0.1) is 12.3 Å². The highest BCUT2D eigenvalue weighted by atomic mass is 32.1. The molecule has 0 aliphatic heterocycles. The number of nitrogens with one attached hydrogen (secondary N) is 2. The summed E-state index contributed by atoms with van der Waals surface area (Å²) in [5, 5.41) is 5.40. The van der Waals surface area contributed by atoms with Gasteiger partial charge in [-0.3, -0.25) is 4.79 Å². The highest BCUT2D eigenvalue weighted by Gasteiger charge is 2.20. The molecule has 1 rings (SSSR count). The average molecular weight is 386 g/mol. The van der Waals surface area contributed by atoms with Gasteiger partial charge in [-0.2, -0.15) is 0 Å². The maximum absolute atomic E-state index is 12.0. The first-order chi connectivity index (χ1) is 12.0. The van der Waals surface area contributed by atoms with E-state index < -0.39 is 23.7 Å². The molecule has 1 aromatic rings. The van der Waals surface area contributed by atoms with Gasteiger partial charge in [0.1, 0.15) is 10.5 Å². The molecule has 1 atom stereocenters. The molecule has 0 bridgehead atoms. The number of carbonyl (C=O) groups is 3. The molecule has 26 heavy (non-hydrogen) atoms. The lowest BCUT2D eigenvalue weighted by Crippen LogP contribution is -2.41. The minimum Gasteiger partial charge on any atom is -0.462 e. The Morgan fingerprint density at radius 2 is 1.96 bits per heavy atom. The molecule has 0 saturated carbocycles. The van der Waals surface area contributed by atoms with Crippen molar-refractivity contribution in [1.29, 1.82) is 0 Å². The predicted octanol–water partition coefficient (Wildman–Crippen LogP) is 1.81. The maximum Gasteiger partial charge on any atom is 0.407 e. The summed E-state index contributed by atoms with van der Waals surface area (Å²) in [5.41, 5.74) is 5.72. The van der Waals surface area contributed by atoms with Crippen molar-refractivity contribution < 1.29 is 23.9 Å². The van der Waals surface area contributed by atoms with Crippen LogP contribution in [0.3, 0.4) is 0 Å². The molecule has 1 aromatic heterocycles.